The molecule has 1 heterocycles. The quantitative estimate of drug-likeness (QED) is 0.849. The number of ether oxygens (including phenoxy) is 1. The van der Waals surface area contributed by atoms with Crippen LogP contribution in [0.1, 0.15) is 49.5 Å². The predicted molar refractivity (Wildman–Crippen MR) is 92.7 cm³/mol. The number of piperidine rings is 1. The molecule has 1 N–H and O–H groups in total. The van der Waals surface area contributed by atoms with Gasteiger partial charge in [-0.3, -0.25) is 4.79 Å². The lowest BCUT2D eigenvalue weighted by Crippen LogP contribution is -2.50. The van der Waals surface area contributed by atoms with E-state index in [-0.39, 0.29) is 18.0 Å². The molecule has 0 aromatic heterocycles. The molecule has 2 rings (SSSR count). The molecule has 1 aliphatic heterocycles. The number of hydrogen-bond donors (Lipinski definition) is 1. The minimum atomic E-state index is -0.522. The van der Waals surface area contributed by atoms with Crippen LogP contribution >= 0.6 is 0 Å². The summed E-state index contributed by atoms with van der Waals surface area (Å²) in [6, 6.07) is 6.81. The van der Waals surface area contributed by atoms with Gasteiger partial charge in [0.25, 0.3) is 5.91 Å². The summed E-state index contributed by atoms with van der Waals surface area (Å²) in [7, 11) is 0. The van der Waals surface area contributed by atoms with Crippen molar-refractivity contribution in [3.8, 4) is 12.3 Å². The number of rotatable bonds is 2. The van der Waals surface area contributed by atoms with Crippen LogP contribution in [0.2, 0.25) is 0 Å². The van der Waals surface area contributed by atoms with Gasteiger partial charge in [-0.25, -0.2) is 4.79 Å². The first-order valence-corrected chi connectivity index (χ1v) is 8.14. The van der Waals surface area contributed by atoms with Crippen molar-refractivity contribution in [2.75, 3.05) is 13.1 Å². The summed E-state index contributed by atoms with van der Waals surface area (Å²) >= 11 is 0. The van der Waals surface area contributed by atoms with E-state index in [1.54, 1.807) is 29.2 Å². The molecular formula is C19H24N2O3. The molecule has 1 unspecified atom stereocenters. The highest BCUT2D eigenvalue weighted by molar-refractivity contribution is 5.94. The smallest absolute Gasteiger partial charge is 0.410 e. The Hall–Kier alpha value is -2.48. The highest BCUT2D eigenvalue weighted by Gasteiger charge is 2.28. The van der Waals surface area contributed by atoms with Crippen LogP contribution in [-0.2, 0) is 4.74 Å². The number of amides is 2. The zero-order valence-electron chi connectivity index (χ0n) is 14.5. The number of carbonyl (C=O) groups excluding carboxylic acids is 2. The average molecular weight is 328 g/mol. The molecule has 1 atom stereocenters. The van der Waals surface area contributed by atoms with E-state index in [0.717, 1.165) is 18.4 Å². The molecule has 0 radical (unpaired) electrons. The largest absolute Gasteiger partial charge is 0.444 e. The van der Waals surface area contributed by atoms with E-state index in [9.17, 15) is 9.59 Å². The number of benzene rings is 1. The van der Waals surface area contributed by atoms with Crippen LogP contribution in [0.15, 0.2) is 24.3 Å². The van der Waals surface area contributed by atoms with Crippen LogP contribution in [0.5, 0.6) is 0 Å². The molecule has 0 aliphatic carbocycles. The van der Waals surface area contributed by atoms with Crippen LogP contribution in [0.4, 0.5) is 4.79 Å². The molecule has 5 nitrogen and oxygen atoms in total. The van der Waals surface area contributed by atoms with E-state index in [4.69, 9.17) is 11.2 Å². The molecule has 1 fully saturated rings. The molecule has 1 saturated heterocycles. The second-order valence-corrected chi connectivity index (χ2v) is 6.96. The van der Waals surface area contributed by atoms with Crippen LogP contribution in [0.25, 0.3) is 0 Å². The Morgan fingerprint density at radius 2 is 1.96 bits per heavy atom. The van der Waals surface area contributed by atoms with Gasteiger partial charge in [0, 0.05) is 30.3 Å². The Kier molecular flexibility index (Phi) is 5.50. The van der Waals surface area contributed by atoms with E-state index in [1.807, 2.05) is 20.8 Å². The minimum absolute atomic E-state index is 0.0777. The molecule has 0 saturated carbocycles. The van der Waals surface area contributed by atoms with Crippen molar-refractivity contribution < 1.29 is 14.3 Å². The van der Waals surface area contributed by atoms with Gasteiger partial charge in [0.15, 0.2) is 0 Å². The fourth-order valence-corrected chi connectivity index (χ4v) is 2.57. The van der Waals surface area contributed by atoms with Gasteiger partial charge in [-0.05, 0) is 57.9 Å². The lowest BCUT2D eigenvalue weighted by Gasteiger charge is -2.34. The van der Waals surface area contributed by atoms with Crippen molar-refractivity contribution in [3.63, 3.8) is 0 Å². The van der Waals surface area contributed by atoms with Gasteiger partial charge in [0.1, 0.15) is 5.60 Å². The first kappa shape index (κ1) is 17.9. The zero-order chi connectivity index (χ0) is 17.7. The van der Waals surface area contributed by atoms with Crippen molar-refractivity contribution in [1.29, 1.82) is 0 Å². The molecule has 2 amide bonds. The summed E-state index contributed by atoms with van der Waals surface area (Å²) in [5, 5.41) is 2.98. The van der Waals surface area contributed by atoms with E-state index in [1.165, 1.54) is 0 Å². The first-order chi connectivity index (χ1) is 11.3. The third-order valence-electron chi connectivity index (χ3n) is 3.72. The fourth-order valence-electron chi connectivity index (χ4n) is 2.57. The molecule has 128 valence electrons. The van der Waals surface area contributed by atoms with Crippen LogP contribution < -0.4 is 5.32 Å². The summed E-state index contributed by atoms with van der Waals surface area (Å²) in [6.07, 6.45) is 6.65. The Labute approximate surface area is 143 Å². The zero-order valence-corrected chi connectivity index (χ0v) is 14.5. The molecule has 1 aromatic carbocycles. The molecular weight excluding hydrogens is 304 g/mol. The van der Waals surface area contributed by atoms with Crippen molar-refractivity contribution in [2.24, 2.45) is 0 Å². The van der Waals surface area contributed by atoms with E-state index in [2.05, 4.69) is 11.2 Å². The third-order valence-corrected chi connectivity index (χ3v) is 3.72. The monoisotopic (exact) mass is 328 g/mol. The minimum Gasteiger partial charge on any atom is -0.444 e. The van der Waals surface area contributed by atoms with E-state index >= 15 is 0 Å². The normalized spacial score (nSPS) is 17.8. The van der Waals surface area contributed by atoms with Crippen molar-refractivity contribution >= 4 is 12.0 Å². The number of likely N-dealkylation sites (tertiary alicyclic amines) is 1. The topological polar surface area (TPSA) is 58.6 Å². The van der Waals surface area contributed by atoms with E-state index in [0.29, 0.717) is 18.7 Å². The van der Waals surface area contributed by atoms with Gasteiger partial charge in [-0.15, -0.1) is 6.42 Å². The van der Waals surface area contributed by atoms with Crippen molar-refractivity contribution in [3.05, 3.63) is 35.4 Å². The fraction of sp³-hybridized carbons (Fsp3) is 0.474. The van der Waals surface area contributed by atoms with Gasteiger partial charge in [-0.2, -0.15) is 0 Å². The SMILES string of the molecule is C#Cc1ccc(C(=O)NC2CCCN(C(=O)OC(C)(C)C)C2)cc1. The van der Waals surface area contributed by atoms with Crippen LogP contribution in [0.3, 0.4) is 0 Å². The van der Waals surface area contributed by atoms with Gasteiger partial charge in [0.2, 0.25) is 0 Å². The van der Waals surface area contributed by atoms with Crippen molar-refractivity contribution in [2.45, 2.75) is 45.3 Å². The molecule has 0 bridgehead atoms. The Morgan fingerprint density at radius 3 is 2.54 bits per heavy atom. The molecule has 0 spiro atoms. The lowest BCUT2D eigenvalue weighted by molar-refractivity contribution is 0.0185. The second kappa shape index (κ2) is 7.39. The van der Waals surface area contributed by atoms with Crippen LogP contribution in [-0.4, -0.2) is 41.6 Å². The maximum atomic E-state index is 12.3. The summed E-state index contributed by atoms with van der Waals surface area (Å²) in [6.45, 7) is 6.64. The highest BCUT2D eigenvalue weighted by atomic mass is 16.6. The molecule has 5 heteroatoms. The summed E-state index contributed by atoms with van der Waals surface area (Å²) in [5.74, 6) is 2.36. The van der Waals surface area contributed by atoms with Gasteiger partial charge in [0.05, 0.1) is 0 Å². The van der Waals surface area contributed by atoms with Gasteiger partial charge < -0.3 is 15.0 Å². The first-order valence-electron chi connectivity index (χ1n) is 8.14. The number of nitrogens with one attached hydrogen (secondary N) is 1. The number of carbonyl (C=O) groups is 2. The van der Waals surface area contributed by atoms with Gasteiger partial charge >= 0.3 is 6.09 Å². The summed E-state index contributed by atoms with van der Waals surface area (Å²) in [5.41, 5.74) is 0.773. The summed E-state index contributed by atoms with van der Waals surface area (Å²) < 4.78 is 5.40. The summed E-state index contributed by atoms with van der Waals surface area (Å²) in [4.78, 5) is 26.1. The maximum absolute atomic E-state index is 12.3. The molecule has 1 aromatic rings. The Bertz CT molecular complexity index is 638. The Balaban J connectivity index is 1.93. The molecule has 24 heavy (non-hydrogen) atoms. The number of hydrogen-bond acceptors (Lipinski definition) is 3. The third kappa shape index (κ3) is 5.02. The predicted octanol–water partition coefficient (Wildman–Crippen LogP) is 2.80. The van der Waals surface area contributed by atoms with Crippen LogP contribution in [0, 0.1) is 12.3 Å². The lowest BCUT2D eigenvalue weighted by atomic mass is 10.0. The standard InChI is InChI=1S/C19H24N2O3/c1-5-14-8-10-15(11-9-14)17(22)20-16-7-6-12-21(13-16)18(23)24-19(2,3)4/h1,8-11,16H,6-7,12-13H2,2-4H3,(H,20,22). The highest BCUT2D eigenvalue weighted by Crippen LogP contribution is 2.16. The number of nitrogens with zero attached hydrogens (tertiary/aromatic N) is 1. The van der Waals surface area contributed by atoms with E-state index < -0.39 is 5.60 Å². The van der Waals surface area contributed by atoms with Gasteiger partial charge in [-0.1, -0.05) is 5.92 Å². The maximum Gasteiger partial charge on any atom is 0.410 e. The average Bonchev–Trinajstić information content (AvgIpc) is 2.53. The second-order valence-electron chi connectivity index (χ2n) is 6.96. The number of terminal acetylenes is 1. The Morgan fingerprint density at radius 1 is 1.29 bits per heavy atom. The van der Waals surface area contributed by atoms with Crippen molar-refractivity contribution in [1.82, 2.24) is 10.2 Å². The molecule has 1 aliphatic rings.